The lowest BCUT2D eigenvalue weighted by atomic mass is 9.86. The molecule has 25 heavy (non-hydrogen) atoms. The number of para-hydroxylation sites is 1. The van der Waals surface area contributed by atoms with Gasteiger partial charge in [-0.15, -0.1) is 0 Å². The smallest absolute Gasteiger partial charge is 0.343 e. The van der Waals surface area contributed by atoms with Crippen LogP contribution in [0.4, 0.5) is 0 Å². The van der Waals surface area contributed by atoms with Crippen molar-refractivity contribution in [3.8, 4) is 17.2 Å². The van der Waals surface area contributed by atoms with Gasteiger partial charge < -0.3 is 18.6 Å². The van der Waals surface area contributed by atoms with E-state index >= 15 is 0 Å². The first-order chi connectivity index (χ1) is 12.2. The molecule has 1 aromatic heterocycles. The molecule has 2 aliphatic rings. The van der Waals surface area contributed by atoms with Gasteiger partial charge in [0.25, 0.3) is 0 Å². The Morgan fingerprint density at radius 3 is 2.72 bits per heavy atom. The summed E-state index contributed by atoms with van der Waals surface area (Å²) in [6.07, 6.45) is 0.0652. The van der Waals surface area contributed by atoms with Crippen molar-refractivity contribution in [3.63, 3.8) is 0 Å². The molecule has 6 heteroatoms. The predicted octanol–water partition coefficient (Wildman–Crippen LogP) is 2.96. The van der Waals surface area contributed by atoms with Crippen LogP contribution in [0.3, 0.4) is 0 Å². The van der Waals surface area contributed by atoms with E-state index in [-0.39, 0.29) is 24.9 Å². The molecule has 0 N–H and O–H groups in total. The molecule has 2 aromatic carbocycles. The normalized spacial score (nSPS) is 18.1. The molecule has 5 rings (SSSR count). The highest BCUT2D eigenvalue weighted by atomic mass is 16.7. The summed E-state index contributed by atoms with van der Waals surface area (Å²) in [5.41, 5.74) is 1.04. The summed E-state index contributed by atoms with van der Waals surface area (Å²) in [5, 5.41) is 0.607. The van der Waals surface area contributed by atoms with E-state index < -0.39 is 11.5 Å². The molecule has 0 bridgehead atoms. The second-order valence-electron chi connectivity index (χ2n) is 5.97. The van der Waals surface area contributed by atoms with Crippen molar-refractivity contribution < 1.29 is 23.4 Å². The number of benzene rings is 2. The Balaban J connectivity index is 1.75. The minimum atomic E-state index is -0.496. The van der Waals surface area contributed by atoms with Gasteiger partial charge in [0, 0.05) is 5.92 Å². The van der Waals surface area contributed by atoms with E-state index in [0.717, 1.165) is 5.56 Å². The van der Waals surface area contributed by atoms with Gasteiger partial charge in [-0.05, 0) is 29.8 Å². The molecule has 0 saturated heterocycles. The van der Waals surface area contributed by atoms with E-state index in [1.54, 1.807) is 36.4 Å². The number of esters is 1. The molecule has 0 saturated carbocycles. The van der Waals surface area contributed by atoms with E-state index in [1.807, 2.05) is 6.07 Å². The first-order valence-corrected chi connectivity index (χ1v) is 7.86. The van der Waals surface area contributed by atoms with E-state index in [2.05, 4.69) is 0 Å². The third kappa shape index (κ3) is 2.11. The van der Waals surface area contributed by atoms with Crippen molar-refractivity contribution in [2.45, 2.75) is 12.3 Å². The van der Waals surface area contributed by atoms with Gasteiger partial charge in [0.2, 0.25) is 6.79 Å². The molecule has 3 aromatic rings. The number of fused-ring (bicyclic) bond motifs is 4. The summed E-state index contributed by atoms with van der Waals surface area (Å²) >= 11 is 0. The van der Waals surface area contributed by atoms with Gasteiger partial charge in [0.05, 0.1) is 17.4 Å². The third-order valence-electron chi connectivity index (χ3n) is 4.53. The van der Waals surface area contributed by atoms with Crippen LogP contribution in [-0.2, 0) is 4.79 Å². The first-order valence-electron chi connectivity index (χ1n) is 7.86. The number of carbonyl (C=O) groups excluding carboxylic acids is 1. The molecular formula is C19H12O6. The summed E-state index contributed by atoms with van der Waals surface area (Å²) in [6, 6.07) is 12.4. The maximum absolute atomic E-state index is 12.6. The fraction of sp³-hybridized carbons (Fsp3) is 0.158. The molecule has 124 valence electrons. The van der Waals surface area contributed by atoms with Crippen molar-refractivity contribution in [3.05, 3.63) is 64.0 Å². The fourth-order valence-electron chi connectivity index (χ4n) is 3.38. The van der Waals surface area contributed by atoms with Crippen LogP contribution in [0.25, 0.3) is 11.0 Å². The molecule has 0 spiro atoms. The minimum absolute atomic E-state index is 0.0652. The summed E-state index contributed by atoms with van der Waals surface area (Å²) in [5.74, 6) is 0.694. The average molecular weight is 336 g/mol. The van der Waals surface area contributed by atoms with Crippen molar-refractivity contribution in [2.75, 3.05) is 6.79 Å². The maximum atomic E-state index is 12.6. The van der Waals surface area contributed by atoms with E-state index in [4.69, 9.17) is 18.6 Å². The van der Waals surface area contributed by atoms with Crippen molar-refractivity contribution in [2.24, 2.45) is 0 Å². The van der Waals surface area contributed by atoms with Crippen LogP contribution in [-0.4, -0.2) is 12.8 Å². The van der Waals surface area contributed by atoms with E-state index in [9.17, 15) is 9.59 Å². The molecule has 1 unspecified atom stereocenters. The molecule has 0 radical (unpaired) electrons. The number of carbonyl (C=O) groups is 1. The standard InChI is InChI=1S/C19H12O6/c20-16-8-12(10-5-6-14-15(7-10)23-9-22-14)17-18(25-16)11-3-1-2-4-13(11)24-19(17)21/h1-7,12H,8-9H2. The van der Waals surface area contributed by atoms with E-state index in [0.29, 0.717) is 28.0 Å². The molecule has 0 amide bonds. The van der Waals surface area contributed by atoms with Gasteiger partial charge in [-0.3, -0.25) is 4.79 Å². The highest BCUT2D eigenvalue weighted by molar-refractivity contribution is 5.90. The zero-order valence-corrected chi connectivity index (χ0v) is 13.0. The van der Waals surface area contributed by atoms with Crippen molar-refractivity contribution >= 4 is 16.9 Å². The van der Waals surface area contributed by atoms with Gasteiger partial charge in [-0.1, -0.05) is 18.2 Å². The van der Waals surface area contributed by atoms with Crippen LogP contribution in [0.5, 0.6) is 17.2 Å². The second kappa shape index (κ2) is 5.11. The Bertz CT molecular complexity index is 1080. The summed E-state index contributed by atoms with van der Waals surface area (Å²) in [7, 11) is 0. The molecule has 2 aliphatic heterocycles. The van der Waals surface area contributed by atoms with Gasteiger partial charge in [-0.25, -0.2) is 4.79 Å². The Hall–Kier alpha value is -3.28. The Kier molecular flexibility index (Phi) is 2.88. The molecule has 1 atom stereocenters. The second-order valence-corrected chi connectivity index (χ2v) is 5.97. The van der Waals surface area contributed by atoms with Gasteiger partial charge in [0.1, 0.15) is 5.58 Å². The quantitative estimate of drug-likeness (QED) is 0.502. The third-order valence-corrected chi connectivity index (χ3v) is 4.53. The predicted molar refractivity (Wildman–Crippen MR) is 87.1 cm³/mol. The SMILES string of the molecule is O=C1CC(c2ccc3c(c2)OCO3)c2c(c3ccccc3oc2=O)O1. The number of hydrogen-bond donors (Lipinski definition) is 0. The zero-order valence-electron chi connectivity index (χ0n) is 13.0. The van der Waals surface area contributed by atoms with Crippen LogP contribution in [0.1, 0.15) is 23.5 Å². The monoisotopic (exact) mass is 336 g/mol. The van der Waals surface area contributed by atoms with Crippen LogP contribution >= 0.6 is 0 Å². The fourth-order valence-corrected chi connectivity index (χ4v) is 3.38. The Labute approximate surface area is 141 Å². The molecule has 0 aliphatic carbocycles. The summed E-state index contributed by atoms with van der Waals surface area (Å²) < 4.78 is 21.6. The number of hydrogen-bond acceptors (Lipinski definition) is 6. The average Bonchev–Trinajstić information content (AvgIpc) is 3.08. The zero-order chi connectivity index (χ0) is 17.0. The Morgan fingerprint density at radius 1 is 0.960 bits per heavy atom. The van der Waals surface area contributed by atoms with Crippen LogP contribution < -0.4 is 19.8 Å². The lowest BCUT2D eigenvalue weighted by molar-refractivity contribution is -0.135. The first kappa shape index (κ1) is 14.1. The number of ether oxygens (including phenoxy) is 3. The number of rotatable bonds is 1. The Morgan fingerprint density at radius 2 is 1.80 bits per heavy atom. The molecule has 6 nitrogen and oxygen atoms in total. The van der Waals surface area contributed by atoms with Crippen LogP contribution in [0.15, 0.2) is 51.7 Å². The topological polar surface area (TPSA) is 75.0 Å². The van der Waals surface area contributed by atoms with Gasteiger partial charge >= 0.3 is 11.6 Å². The maximum Gasteiger partial charge on any atom is 0.343 e. The van der Waals surface area contributed by atoms with Crippen molar-refractivity contribution in [1.82, 2.24) is 0 Å². The van der Waals surface area contributed by atoms with Gasteiger partial charge in [-0.2, -0.15) is 0 Å². The van der Waals surface area contributed by atoms with Crippen LogP contribution in [0.2, 0.25) is 0 Å². The lowest BCUT2D eigenvalue weighted by Gasteiger charge is -2.24. The van der Waals surface area contributed by atoms with E-state index in [1.165, 1.54) is 0 Å². The highest BCUT2D eigenvalue weighted by Crippen LogP contribution is 2.43. The molecule has 3 heterocycles. The molecule has 0 fully saturated rings. The largest absolute Gasteiger partial charge is 0.454 e. The summed E-state index contributed by atoms with van der Waals surface area (Å²) in [6.45, 7) is 0.162. The van der Waals surface area contributed by atoms with Gasteiger partial charge in [0.15, 0.2) is 17.2 Å². The minimum Gasteiger partial charge on any atom is -0.454 e. The summed E-state index contributed by atoms with van der Waals surface area (Å²) in [4.78, 5) is 24.8. The van der Waals surface area contributed by atoms with Crippen molar-refractivity contribution in [1.29, 1.82) is 0 Å². The molecular weight excluding hydrogens is 324 g/mol. The highest BCUT2D eigenvalue weighted by Gasteiger charge is 2.34. The lowest BCUT2D eigenvalue weighted by Crippen LogP contribution is -2.26. The van der Waals surface area contributed by atoms with Crippen LogP contribution in [0, 0.1) is 0 Å².